The zero-order valence-corrected chi connectivity index (χ0v) is 34.5. The van der Waals surface area contributed by atoms with Crippen molar-refractivity contribution < 1.29 is 0 Å². The first kappa shape index (κ1) is 35.5. The molecule has 1 aliphatic carbocycles. The molecule has 0 spiro atoms. The van der Waals surface area contributed by atoms with E-state index in [0.717, 1.165) is 17.1 Å². The fourth-order valence-corrected chi connectivity index (χ4v) is 10.9. The van der Waals surface area contributed by atoms with E-state index in [1.54, 1.807) is 0 Å². The van der Waals surface area contributed by atoms with Crippen LogP contribution >= 0.6 is 0 Å². The Balaban J connectivity index is 1.07. The maximum Gasteiger partial charge on any atom is 0.0714 e. The van der Waals surface area contributed by atoms with Gasteiger partial charge in [-0.05, 0) is 116 Å². The number of benzene rings is 10. The van der Waals surface area contributed by atoms with Gasteiger partial charge in [0.1, 0.15) is 0 Å². The first-order valence-corrected chi connectivity index (χ1v) is 21.8. The second kappa shape index (κ2) is 13.9. The molecule has 63 heavy (non-hydrogen) atoms. The van der Waals surface area contributed by atoms with Crippen LogP contribution in [-0.4, -0.2) is 4.57 Å². The molecule has 10 aromatic carbocycles. The Bertz CT molecular complexity index is 3490. The average molecular weight is 801 g/mol. The van der Waals surface area contributed by atoms with Gasteiger partial charge in [0.2, 0.25) is 0 Å². The van der Waals surface area contributed by atoms with Gasteiger partial charge in [0, 0.05) is 39.0 Å². The van der Waals surface area contributed by atoms with Crippen molar-refractivity contribution in [1.82, 2.24) is 4.57 Å². The fourth-order valence-electron chi connectivity index (χ4n) is 10.9. The summed E-state index contributed by atoms with van der Waals surface area (Å²) in [5, 5.41) is 2.56. The molecule has 0 atom stereocenters. The summed E-state index contributed by atoms with van der Waals surface area (Å²) in [6.07, 6.45) is 0. The van der Waals surface area contributed by atoms with Gasteiger partial charge in [-0.3, -0.25) is 0 Å². The highest BCUT2D eigenvalue weighted by atomic mass is 15.1. The molecule has 0 fully saturated rings. The van der Waals surface area contributed by atoms with E-state index in [0.29, 0.717) is 0 Å². The molecule has 0 saturated carbocycles. The minimum Gasteiger partial charge on any atom is -0.310 e. The van der Waals surface area contributed by atoms with Crippen molar-refractivity contribution in [2.75, 3.05) is 4.90 Å². The maximum atomic E-state index is 2.55. The molecular formula is C61H40N2. The molecule has 294 valence electrons. The molecule has 2 heterocycles. The van der Waals surface area contributed by atoms with Crippen LogP contribution in [0.25, 0.3) is 72.0 Å². The third-order valence-corrected chi connectivity index (χ3v) is 13.6. The number of rotatable bonds is 7. The molecule has 0 N–H and O–H groups in total. The summed E-state index contributed by atoms with van der Waals surface area (Å²) in [4.78, 5) is 2.36. The maximum absolute atomic E-state index is 2.55. The van der Waals surface area contributed by atoms with E-state index in [1.807, 2.05) is 0 Å². The number of nitrogens with zero attached hydrogens (tertiary/aromatic N) is 2. The zero-order valence-electron chi connectivity index (χ0n) is 34.5. The predicted octanol–water partition coefficient (Wildman–Crippen LogP) is 15.9. The Hall–Kier alpha value is -8.20. The van der Waals surface area contributed by atoms with Crippen molar-refractivity contribution >= 4 is 38.9 Å². The van der Waals surface area contributed by atoms with Crippen molar-refractivity contribution in [2.45, 2.75) is 5.41 Å². The van der Waals surface area contributed by atoms with E-state index in [9.17, 15) is 0 Å². The Morgan fingerprint density at radius 2 is 0.921 bits per heavy atom. The Morgan fingerprint density at radius 1 is 0.333 bits per heavy atom. The lowest BCUT2D eigenvalue weighted by Gasteiger charge is -2.34. The summed E-state index contributed by atoms with van der Waals surface area (Å²) in [5.74, 6) is 0. The van der Waals surface area contributed by atoms with Crippen LogP contribution in [0.1, 0.15) is 22.3 Å². The SMILES string of the molecule is c1ccc(-c2cccc(N(c3ccccc3)c3ccc(-c4cc5c6c(c4)C(c4ccccc4)(c4ccccc4)c4ccc7c8ccccc8n(c7c4-6)-c4ccccc4-5)cc3)c2)cc1. The molecule has 0 saturated heterocycles. The lowest BCUT2D eigenvalue weighted by atomic mass is 9.67. The van der Waals surface area contributed by atoms with Crippen LogP contribution < -0.4 is 4.90 Å². The fraction of sp³-hybridized carbons (Fsp3) is 0.0164. The highest BCUT2D eigenvalue weighted by Gasteiger charge is 2.49. The third-order valence-electron chi connectivity index (χ3n) is 13.6. The number of para-hydroxylation sites is 3. The molecule has 0 bridgehead atoms. The van der Waals surface area contributed by atoms with Crippen molar-refractivity contribution in [1.29, 1.82) is 0 Å². The third kappa shape index (κ3) is 5.19. The zero-order chi connectivity index (χ0) is 41.5. The predicted molar refractivity (Wildman–Crippen MR) is 263 cm³/mol. The summed E-state index contributed by atoms with van der Waals surface area (Å²) >= 11 is 0. The highest BCUT2D eigenvalue weighted by Crippen LogP contribution is 2.63. The quantitative estimate of drug-likeness (QED) is 0.156. The second-order valence-corrected chi connectivity index (χ2v) is 16.8. The average Bonchev–Trinajstić information content (AvgIpc) is 3.81. The van der Waals surface area contributed by atoms with Gasteiger partial charge in [0.15, 0.2) is 0 Å². The van der Waals surface area contributed by atoms with E-state index in [4.69, 9.17) is 0 Å². The normalized spacial score (nSPS) is 12.9. The van der Waals surface area contributed by atoms with Crippen molar-refractivity contribution in [2.24, 2.45) is 0 Å². The van der Waals surface area contributed by atoms with Crippen LogP contribution in [0.4, 0.5) is 17.1 Å². The molecular weight excluding hydrogens is 761 g/mol. The number of hydrogen-bond donors (Lipinski definition) is 0. The largest absolute Gasteiger partial charge is 0.310 e. The number of hydrogen-bond acceptors (Lipinski definition) is 1. The van der Waals surface area contributed by atoms with Crippen LogP contribution in [0, 0.1) is 0 Å². The van der Waals surface area contributed by atoms with Gasteiger partial charge in [-0.1, -0.05) is 182 Å². The molecule has 13 rings (SSSR count). The van der Waals surface area contributed by atoms with Crippen LogP contribution in [-0.2, 0) is 5.41 Å². The summed E-state index contributed by atoms with van der Waals surface area (Å²) in [5.41, 5.74) is 21.6. The number of fused-ring (bicyclic) bond motifs is 6. The lowest BCUT2D eigenvalue weighted by Crippen LogP contribution is -2.28. The molecule has 0 amide bonds. The molecule has 0 unspecified atom stereocenters. The molecule has 2 heteroatoms. The smallest absolute Gasteiger partial charge is 0.0714 e. The van der Waals surface area contributed by atoms with Crippen LogP contribution in [0.5, 0.6) is 0 Å². The minimum absolute atomic E-state index is 0.562. The lowest BCUT2D eigenvalue weighted by molar-refractivity contribution is 0.769. The molecule has 0 radical (unpaired) electrons. The molecule has 11 aromatic rings. The first-order valence-electron chi connectivity index (χ1n) is 21.8. The Labute approximate surface area is 367 Å². The van der Waals surface area contributed by atoms with Gasteiger partial charge < -0.3 is 9.47 Å². The summed E-state index contributed by atoms with van der Waals surface area (Å²) in [6.45, 7) is 0. The Morgan fingerprint density at radius 3 is 1.67 bits per heavy atom. The number of anilines is 3. The summed E-state index contributed by atoms with van der Waals surface area (Å²) in [7, 11) is 0. The van der Waals surface area contributed by atoms with Crippen molar-refractivity contribution in [3.05, 3.63) is 265 Å². The van der Waals surface area contributed by atoms with Gasteiger partial charge in [-0.15, -0.1) is 0 Å². The summed E-state index contributed by atoms with van der Waals surface area (Å²) < 4.78 is 2.55. The van der Waals surface area contributed by atoms with Crippen molar-refractivity contribution in [3.63, 3.8) is 0 Å². The van der Waals surface area contributed by atoms with E-state index in [2.05, 4.69) is 252 Å². The number of aromatic nitrogens is 1. The van der Waals surface area contributed by atoms with Crippen LogP contribution in [0.3, 0.4) is 0 Å². The van der Waals surface area contributed by atoms with Gasteiger partial charge in [0.25, 0.3) is 0 Å². The van der Waals surface area contributed by atoms with Gasteiger partial charge in [-0.2, -0.15) is 0 Å². The molecule has 2 aliphatic rings. The van der Waals surface area contributed by atoms with Crippen LogP contribution in [0.15, 0.2) is 243 Å². The van der Waals surface area contributed by atoms with Gasteiger partial charge >= 0.3 is 0 Å². The van der Waals surface area contributed by atoms with Crippen molar-refractivity contribution in [3.8, 4) is 50.2 Å². The second-order valence-electron chi connectivity index (χ2n) is 16.8. The minimum atomic E-state index is -0.562. The van der Waals surface area contributed by atoms with Gasteiger partial charge in [-0.25, -0.2) is 0 Å². The topological polar surface area (TPSA) is 8.17 Å². The standard InChI is InChI=1S/C61H40N2/c1-5-18-41(19-6-1)43-20-17-27-49(38-43)62(47-25-11-4-12-26-47)48-34-32-42(33-35-48)44-39-53-51-29-14-16-31-57(51)63-56-30-15-13-28-50(56)52-36-37-54-59(60(52)63)58(53)55(40-44)61(54,45-21-7-2-8-22-45)46-23-9-3-10-24-46/h1-40H. The van der Waals surface area contributed by atoms with E-state index in [1.165, 1.54) is 94.3 Å². The van der Waals surface area contributed by atoms with E-state index in [-0.39, 0.29) is 0 Å². The summed E-state index contributed by atoms with van der Waals surface area (Å²) in [6, 6.07) is 89.5. The van der Waals surface area contributed by atoms with E-state index < -0.39 is 5.41 Å². The van der Waals surface area contributed by atoms with Gasteiger partial charge in [0.05, 0.1) is 22.1 Å². The molecule has 2 nitrogen and oxygen atoms in total. The monoisotopic (exact) mass is 800 g/mol. The Kier molecular flexibility index (Phi) is 7.85. The molecule has 1 aromatic heterocycles. The molecule has 1 aliphatic heterocycles. The first-order chi connectivity index (χ1) is 31.3. The highest BCUT2D eigenvalue weighted by molar-refractivity contribution is 6.19. The van der Waals surface area contributed by atoms with E-state index >= 15 is 0 Å². The van der Waals surface area contributed by atoms with Crippen LogP contribution in [0.2, 0.25) is 0 Å².